The summed E-state index contributed by atoms with van der Waals surface area (Å²) in [6, 6.07) is 0. The zero-order chi connectivity index (χ0) is 8.43. The third-order valence-corrected chi connectivity index (χ3v) is 1.32. The summed E-state index contributed by atoms with van der Waals surface area (Å²) in [5, 5.41) is 3.77. The predicted molar refractivity (Wildman–Crippen MR) is 41.7 cm³/mol. The van der Waals surface area contributed by atoms with Gasteiger partial charge in [-0.3, -0.25) is 0 Å². The molecule has 0 N–H and O–H groups in total. The first-order valence-corrected chi connectivity index (χ1v) is 3.70. The summed E-state index contributed by atoms with van der Waals surface area (Å²) in [7, 11) is 0. The number of aromatic nitrogens is 1. The van der Waals surface area contributed by atoms with E-state index in [1.807, 2.05) is 27.7 Å². The standard InChI is InChI=1S/C8H13NO2/c1-5(2)10-8-6(3)9-11-7(8)4/h5H,1-4H3. The zero-order valence-corrected chi connectivity index (χ0v) is 7.34. The van der Waals surface area contributed by atoms with Crippen LogP contribution in [0.15, 0.2) is 4.52 Å². The molecule has 3 heteroatoms. The Hall–Kier alpha value is -0.990. The van der Waals surface area contributed by atoms with E-state index in [2.05, 4.69) is 5.16 Å². The van der Waals surface area contributed by atoms with Crippen LogP contribution < -0.4 is 4.74 Å². The first kappa shape index (κ1) is 8.11. The van der Waals surface area contributed by atoms with Crippen molar-refractivity contribution in [3.8, 4) is 5.75 Å². The average molecular weight is 155 g/mol. The second-order valence-electron chi connectivity index (χ2n) is 2.82. The SMILES string of the molecule is Cc1noc(C)c1OC(C)C. The highest BCUT2D eigenvalue weighted by molar-refractivity contribution is 5.28. The molecule has 0 atom stereocenters. The molecule has 11 heavy (non-hydrogen) atoms. The molecule has 0 radical (unpaired) electrons. The van der Waals surface area contributed by atoms with Crippen LogP contribution in [0.4, 0.5) is 0 Å². The highest BCUT2D eigenvalue weighted by Gasteiger charge is 2.10. The molecule has 0 aromatic carbocycles. The molecule has 0 amide bonds. The monoisotopic (exact) mass is 155 g/mol. The Kier molecular flexibility index (Phi) is 2.17. The Morgan fingerprint density at radius 2 is 2.00 bits per heavy atom. The predicted octanol–water partition coefficient (Wildman–Crippen LogP) is 2.08. The van der Waals surface area contributed by atoms with Crippen LogP contribution in [-0.2, 0) is 0 Å². The molecule has 0 saturated heterocycles. The van der Waals surface area contributed by atoms with E-state index in [9.17, 15) is 0 Å². The first-order valence-electron chi connectivity index (χ1n) is 3.70. The van der Waals surface area contributed by atoms with Crippen LogP contribution in [-0.4, -0.2) is 11.3 Å². The van der Waals surface area contributed by atoms with Crippen molar-refractivity contribution in [2.75, 3.05) is 0 Å². The minimum absolute atomic E-state index is 0.173. The van der Waals surface area contributed by atoms with Crippen LogP contribution in [0, 0.1) is 13.8 Å². The summed E-state index contributed by atoms with van der Waals surface area (Å²) in [6.45, 7) is 7.67. The normalized spacial score (nSPS) is 10.6. The second kappa shape index (κ2) is 2.95. The van der Waals surface area contributed by atoms with Crippen LogP contribution in [0.25, 0.3) is 0 Å². The van der Waals surface area contributed by atoms with Crippen molar-refractivity contribution in [1.29, 1.82) is 0 Å². The fourth-order valence-electron chi connectivity index (χ4n) is 0.879. The van der Waals surface area contributed by atoms with Crippen LogP contribution in [0.3, 0.4) is 0 Å². The lowest BCUT2D eigenvalue weighted by molar-refractivity contribution is 0.235. The van der Waals surface area contributed by atoms with Crippen molar-refractivity contribution in [2.24, 2.45) is 0 Å². The molecule has 0 unspecified atom stereocenters. The molecule has 0 saturated carbocycles. The first-order chi connectivity index (χ1) is 5.11. The third-order valence-electron chi connectivity index (χ3n) is 1.32. The van der Waals surface area contributed by atoms with E-state index in [0.29, 0.717) is 0 Å². The van der Waals surface area contributed by atoms with E-state index in [0.717, 1.165) is 17.2 Å². The Bertz CT molecular complexity index is 221. The molecule has 3 nitrogen and oxygen atoms in total. The Morgan fingerprint density at radius 3 is 2.36 bits per heavy atom. The number of hydrogen-bond donors (Lipinski definition) is 0. The van der Waals surface area contributed by atoms with Gasteiger partial charge in [0.2, 0.25) is 0 Å². The van der Waals surface area contributed by atoms with Gasteiger partial charge < -0.3 is 9.26 Å². The molecule has 1 aromatic rings. The fraction of sp³-hybridized carbons (Fsp3) is 0.625. The Labute approximate surface area is 66.3 Å². The van der Waals surface area contributed by atoms with E-state index in [1.165, 1.54) is 0 Å². The van der Waals surface area contributed by atoms with Gasteiger partial charge in [-0.15, -0.1) is 0 Å². The maximum atomic E-state index is 5.46. The van der Waals surface area contributed by atoms with E-state index < -0.39 is 0 Å². The van der Waals surface area contributed by atoms with Gasteiger partial charge in [-0.05, 0) is 20.8 Å². The molecule has 1 heterocycles. The van der Waals surface area contributed by atoms with Crippen molar-refractivity contribution < 1.29 is 9.26 Å². The summed E-state index contributed by atoms with van der Waals surface area (Å²) >= 11 is 0. The molecular formula is C8H13NO2. The molecule has 0 aliphatic rings. The summed E-state index contributed by atoms with van der Waals surface area (Å²) in [4.78, 5) is 0. The smallest absolute Gasteiger partial charge is 0.184 e. The van der Waals surface area contributed by atoms with Crippen molar-refractivity contribution in [1.82, 2.24) is 5.16 Å². The molecule has 0 fully saturated rings. The van der Waals surface area contributed by atoms with Gasteiger partial charge in [-0.1, -0.05) is 5.16 Å². The second-order valence-corrected chi connectivity index (χ2v) is 2.82. The van der Waals surface area contributed by atoms with Gasteiger partial charge >= 0.3 is 0 Å². The highest BCUT2D eigenvalue weighted by atomic mass is 16.5. The Balaban J connectivity index is 2.83. The number of ether oxygens (including phenoxy) is 1. The summed E-state index contributed by atoms with van der Waals surface area (Å²) < 4.78 is 10.4. The maximum absolute atomic E-state index is 5.46. The maximum Gasteiger partial charge on any atom is 0.184 e. The zero-order valence-electron chi connectivity index (χ0n) is 7.34. The molecule has 0 spiro atoms. The highest BCUT2D eigenvalue weighted by Crippen LogP contribution is 2.22. The Morgan fingerprint density at radius 1 is 1.36 bits per heavy atom. The lowest BCUT2D eigenvalue weighted by Gasteiger charge is -2.07. The molecule has 62 valence electrons. The van der Waals surface area contributed by atoms with Crippen LogP contribution in [0.1, 0.15) is 25.3 Å². The van der Waals surface area contributed by atoms with Gasteiger partial charge in [-0.25, -0.2) is 0 Å². The number of rotatable bonds is 2. The van der Waals surface area contributed by atoms with Crippen molar-refractivity contribution in [2.45, 2.75) is 33.8 Å². The number of nitrogens with zero attached hydrogens (tertiary/aromatic N) is 1. The minimum atomic E-state index is 0.173. The van der Waals surface area contributed by atoms with Crippen molar-refractivity contribution in [3.05, 3.63) is 11.5 Å². The molecule has 1 rings (SSSR count). The lowest BCUT2D eigenvalue weighted by Crippen LogP contribution is -2.06. The molecule has 0 aliphatic carbocycles. The lowest BCUT2D eigenvalue weighted by atomic mass is 10.3. The quantitative estimate of drug-likeness (QED) is 0.655. The average Bonchev–Trinajstić information content (AvgIpc) is 2.18. The van der Waals surface area contributed by atoms with Gasteiger partial charge in [0.05, 0.1) is 6.10 Å². The summed E-state index contributed by atoms with van der Waals surface area (Å²) in [5.74, 6) is 1.52. The van der Waals surface area contributed by atoms with Crippen LogP contribution >= 0.6 is 0 Å². The summed E-state index contributed by atoms with van der Waals surface area (Å²) in [5.41, 5.74) is 0.816. The number of hydrogen-bond acceptors (Lipinski definition) is 3. The third kappa shape index (κ3) is 1.73. The van der Waals surface area contributed by atoms with Gasteiger partial charge in [0.1, 0.15) is 5.69 Å². The van der Waals surface area contributed by atoms with Crippen molar-refractivity contribution in [3.63, 3.8) is 0 Å². The molecule has 0 bridgehead atoms. The topological polar surface area (TPSA) is 35.3 Å². The van der Waals surface area contributed by atoms with E-state index in [-0.39, 0.29) is 6.10 Å². The van der Waals surface area contributed by atoms with Gasteiger partial charge in [-0.2, -0.15) is 0 Å². The largest absolute Gasteiger partial charge is 0.485 e. The van der Waals surface area contributed by atoms with Crippen molar-refractivity contribution >= 4 is 0 Å². The fourth-order valence-corrected chi connectivity index (χ4v) is 0.879. The number of aryl methyl sites for hydroxylation is 2. The van der Waals surface area contributed by atoms with Crippen LogP contribution in [0.2, 0.25) is 0 Å². The van der Waals surface area contributed by atoms with E-state index in [1.54, 1.807) is 0 Å². The molecule has 0 aliphatic heterocycles. The molecular weight excluding hydrogens is 142 g/mol. The van der Waals surface area contributed by atoms with Gasteiger partial charge in [0.15, 0.2) is 11.5 Å². The van der Waals surface area contributed by atoms with E-state index >= 15 is 0 Å². The summed E-state index contributed by atoms with van der Waals surface area (Å²) in [6.07, 6.45) is 0.173. The van der Waals surface area contributed by atoms with Crippen LogP contribution in [0.5, 0.6) is 5.75 Å². The molecule has 1 aromatic heterocycles. The van der Waals surface area contributed by atoms with Gasteiger partial charge in [0.25, 0.3) is 0 Å². The van der Waals surface area contributed by atoms with E-state index in [4.69, 9.17) is 9.26 Å². The minimum Gasteiger partial charge on any atom is -0.485 e. The van der Waals surface area contributed by atoms with Gasteiger partial charge in [0, 0.05) is 6.92 Å².